The Morgan fingerprint density at radius 1 is 1.38 bits per heavy atom. The van der Waals surface area contributed by atoms with E-state index in [1.165, 1.54) is 23.8 Å². The molecule has 0 bridgehead atoms. The molecule has 1 aliphatic rings. The predicted molar refractivity (Wildman–Crippen MR) is 79.9 cm³/mol. The molecule has 0 fully saturated rings. The van der Waals surface area contributed by atoms with Crippen molar-refractivity contribution in [3.63, 3.8) is 0 Å². The van der Waals surface area contributed by atoms with Crippen LogP contribution in [0.4, 0.5) is 0 Å². The lowest BCUT2D eigenvalue weighted by atomic mass is 10.1. The number of aromatic carboxylic acids is 1. The van der Waals surface area contributed by atoms with E-state index in [9.17, 15) is 13.2 Å². The molecule has 1 aromatic rings. The highest BCUT2D eigenvalue weighted by atomic mass is 32.2. The molecule has 2 N–H and O–H groups in total. The minimum absolute atomic E-state index is 0.00842. The summed E-state index contributed by atoms with van der Waals surface area (Å²) in [6.07, 6.45) is 6.11. The fourth-order valence-corrected chi connectivity index (χ4v) is 3.45. The molecule has 1 aliphatic carbocycles. The van der Waals surface area contributed by atoms with Crippen molar-refractivity contribution < 1.29 is 18.3 Å². The molecule has 1 aromatic carbocycles. The van der Waals surface area contributed by atoms with Gasteiger partial charge in [-0.15, -0.1) is 0 Å². The fourth-order valence-electron chi connectivity index (χ4n) is 2.39. The van der Waals surface area contributed by atoms with Gasteiger partial charge >= 0.3 is 5.97 Å². The molecule has 0 unspecified atom stereocenters. The average Bonchev–Trinajstić information content (AvgIpc) is 2.91. The Labute approximate surface area is 124 Å². The summed E-state index contributed by atoms with van der Waals surface area (Å²) in [7, 11) is -3.67. The van der Waals surface area contributed by atoms with Crippen LogP contribution in [0.2, 0.25) is 0 Å². The maximum Gasteiger partial charge on any atom is 0.335 e. The van der Waals surface area contributed by atoms with E-state index in [1.807, 2.05) is 0 Å². The van der Waals surface area contributed by atoms with Gasteiger partial charge in [-0.1, -0.05) is 17.7 Å². The number of carbonyl (C=O) groups is 1. The van der Waals surface area contributed by atoms with E-state index >= 15 is 0 Å². The van der Waals surface area contributed by atoms with Crippen LogP contribution >= 0.6 is 0 Å². The van der Waals surface area contributed by atoms with Gasteiger partial charge in [-0.2, -0.15) is 0 Å². The molecular formula is C15H19NO4S. The number of hydrogen-bond donors (Lipinski definition) is 2. The van der Waals surface area contributed by atoms with Gasteiger partial charge in [0.05, 0.1) is 10.5 Å². The zero-order valence-corrected chi connectivity index (χ0v) is 12.7. The number of allylic oxidation sites excluding steroid dienone is 1. The molecular weight excluding hydrogens is 290 g/mol. The first-order valence-electron chi connectivity index (χ1n) is 6.91. The molecule has 21 heavy (non-hydrogen) atoms. The van der Waals surface area contributed by atoms with Crippen LogP contribution in [-0.4, -0.2) is 26.0 Å². The van der Waals surface area contributed by atoms with Crippen LogP contribution in [0.25, 0.3) is 0 Å². The number of benzene rings is 1. The van der Waals surface area contributed by atoms with Crippen molar-refractivity contribution in [2.75, 3.05) is 6.54 Å². The summed E-state index contributed by atoms with van der Waals surface area (Å²) >= 11 is 0. The minimum Gasteiger partial charge on any atom is -0.478 e. The summed E-state index contributed by atoms with van der Waals surface area (Å²) in [4.78, 5) is 11.1. The Morgan fingerprint density at radius 2 is 2.14 bits per heavy atom. The van der Waals surface area contributed by atoms with Crippen molar-refractivity contribution in [3.05, 3.63) is 41.0 Å². The van der Waals surface area contributed by atoms with E-state index in [4.69, 9.17) is 5.11 Å². The monoisotopic (exact) mass is 309 g/mol. The molecule has 2 rings (SSSR count). The smallest absolute Gasteiger partial charge is 0.335 e. The van der Waals surface area contributed by atoms with E-state index in [2.05, 4.69) is 10.8 Å². The molecule has 5 nitrogen and oxygen atoms in total. The van der Waals surface area contributed by atoms with Gasteiger partial charge in [0, 0.05) is 6.54 Å². The van der Waals surface area contributed by atoms with Crippen LogP contribution in [0.5, 0.6) is 0 Å². The fraction of sp³-hybridized carbons (Fsp3) is 0.400. The summed E-state index contributed by atoms with van der Waals surface area (Å²) < 4.78 is 26.9. The van der Waals surface area contributed by atoms with Gasteiger partial charge in [0.25, 0.3) is 0 Å². The Bertz CT molecular complexity index is 677. The summed E-state index contributed by atoms with van der Waals surface area (Å²) in [6.45, 7) is 1.98. The molecule has 0 aliphatic heterocycles. The van der Waals surface area contributed by atoms with Crippen molar-refractivity contribution in [1.29, 1.82) is 0 Å². The Morgan fingerprint density at radius 3 is 2.76 bits per heavy atom. The zero-order valence-electron chi connectivity index (χ0n) is 11.9. The zero-order chi connectivity index (χ0) is 15.5. The van der Waals surface area contributed by atoms with E-state index in [0.29, 0.717) is 18.5 Å². The molecule has 0 saturated carbocycles. The molecule has 0 saturated heterocycles. The minimum atomic E-state index is -3.67. The second kappa shape index (κ2) is 6.41. The summed E-state index contributed by atoms with van der Waals surface area (Å²) in [5.74, 6) is -1.12. The van der Waals surface area contributed by atoms with Gasteiger partial charge < -0.3 is 5.11 Å². The second-order valence-corrected chi connectivity index (χ2v) is 6.95. The highest BCUT2D eigenvalue weighted by Gasteiger charge is 2.17. The van der Waals surface area contributed by atoms with Crippen LogP contribution in [0.1, 0.15) is 41.6 Å². The van der Waals surface area contributed by atoms with E-state index < -0.39 is 16.0 Å². The number of rotatable bonds is 6. The summed E-state index contributed by atoms with van der Waals surface area (Å²) in [5.41, 5.74) is 1.83. The first-order chi connectivity index (χ1) is 9.90. The third kappa shape index (κ3) is 3.92. The third-order valence-electron chi connectivity index (χ3n) is 3.62. The number of carboxylic acids is 1. The number of carboxylic acid groups (broad SMARTS) is 1. The van der Waals surface area contributed by atoms with Crippen LogP contribution in [0, 0.1) is 6.92 Å². The number of hydrogen-bond acceptors (Lipinski definition) is 3. The molecule has 0 spiro atoms. The van der Waals surface area contributed by atoms with E-state index in [1.54, 1.807) is 6.92 Å². The maximum absolute atomic E-state index is 12.2. The van der Waals surface area contributed by atoms with Crippen molar-refractivity contribution >= 4 is 16.0 Å². The third-order valence-corrected chi connectivity index (χ3v) is 5.08. The average molecular weight is 309 g/mol. The lowest BCUT2D eigenvalue weighted by Crippen LogP contribution is -2.25. The van der Waals surface area contributed by atoms with Crippen molar-refractivity contribution in [2.45, 2.75) is 37.5 Å². The molecule has 0 amide bonds. The molecule has 6 heteroatoms. The van der Waals surface area contributed by atoms with E-state index in [-0.39, 0.29) is 10.5 Å². The van der Waals surface area contributed by atoms with Crippen LogP contribution in [-0.2, 0) is 10.0 Å². The first-order valence-corrected chi connectivity index (χ1v) is 8.40. The molecule has 0 radical (unpaired) electrons. The molecule has 0 aromatic heterocycles. The second-order valence-electron chi connectivity index (χ2n) is 5.18. The molecule has 0 heterocycles. The quantitative estimate of drug-likeness (QED) is 0.791. The lowest BCUT2D eigenvalue weighted by molar-refractivity contribution is 0.0696. The topological polar surface area (TPSA) is 83.5 Å². The Hall–Kier alpha value is -1.66. The van der Waals surface area contributed by atoms with Gasteiger partial charge in [0.2, 0.25) is 10.0 Å². The van der Waals surface area contributed by atoms with Gasteiger partial charge in [0.15, 0.2) is 0 Å². The highest BCUT2D eigenvalue weighted by molar-refractivity contribution is 7.89. The molecule has 114 valence electrons. The van der Waals surface area contributed by atoms with Crippen molar-refractivity contribution in [2.24, 2.45) is 0 Å². The first kappa shape index (κ1) is 15.7. The van der Waals surface area contributed by atoms with Gasteiger partial charge in [-0.25, -0.2) is 17.9 Å². The summed E-state index contributed by atoms with van der Waals surface area (Å²) in [6, 6.07) is 4.14. The van der Waals surface area contributed by atoms with Crippen molar-refractivity contribution in [3.8, 4) is 0 Å². The normalized spacial score (nSPS) is 15.0. The summed E-state index contributed by atoms with van der Waals surface area (Å²) in [5, 5.41) is 9.05. The largest absolute Gasteiger partial charge is 0.478 e. The van der Waals surface area contributed by atoms with Gasteiger partial charge in [-0.3, -0.25) is 0 Å². The Kier molecular flexibility index (Phi) is 4.80. The van der Waals surface area contributed by atoms with Crippen molar-refractivity contribution in [1.82, 2.24) is 4.72 Å². The molecule has 0 atom stereocenters. The van der Waals surface area contributed by atoms with E-state index in [0.717, 1.165) is 19.3 Å². The number of aryl methyl sites for hydroxylation is 1. The maximum atomic E-state index is 12.2. The van der Waals surface area contributed by atoms with Gasteiger partial charge in [0.1, 0.15) is 0 Å². The van der Waals surface area contributed by atoms with Gasteiger partial charge in [-0.05, 0) is 50.3 Å². The van der Waals surface area contributed by atoms with Crippen LogP contribution in [0.3, 0.4) is 0 Å². The van der Waals surface area contributed by atoms with Crippen LogP contribution in [0.15, 0.2) is 34.7 Å². The SMILES string of the molecule is Cc1ccc(S(=O)(=O)NCCC2=CCCC2)cc1C(=O)O. The lowest BCUT2D eigenvalue weighted by Gasteiger charge is -2.09. The highest BCUT2D eigenvalue weighted by Crippen LogP contribution is 2.20. The number of nitrogens with one attached hydrogen (secondary N) is 1. The van der Waals surface area contributed by atoms with Crippen LogP contribution < -0.4 is 4.72 Å². The Balaban J connectivity index is 2.08. The number of sulfonamides is 1. The standard InChI is InChI=1S/C15H19NO4S/c1-11-6-7-13(10-14(11)15(17)18)21(19,20)16-9-8-12-4-2-3-5-12/h4,6-7,10,16H,2-3,5,8-9H2,1H3,(H,17,18). The predicted octanol–water partition coefficient (Wildman–Crippen LogP) is 2.47.